The molecule has 1 aliphatic rings. The van der Waals surface area contributed by atoms with Gasteiger partial charge < -0.3 is 10.6 Å². The van der Waals surface area contributed by atoms with Crippen molar-refractivity contribution in [2.24, 2.45) is 0 Å². The van der Waals surface area contributed by atoms with Gasteiger partial charge in [-0.15, -0.1) is 0 Å². The van der Waals surface area contributed by atoms with Gasteiger partial charge in [0.15, 0.2) is 6.29 Å². The predicted molar refractivity (Wildman–Crippen MR) is 99.4 cm³/mol. The van der Waals surface area contributed by atoms with Crippen molar-refractivity contribution in [3.63, 3.8) is 0 Å². The maximum absolute atomic E-state index is 12.7. The van der Waals surface area contributed by atoms with Crippen LogP contribution in [0.2, 0.25) is 0 Å². The standard InChI is InChI=1S/C21H14N4O2/c1-24-20(16-7-3-5-14(9-16)11-23)18-17(12-26)19(25-21(18)27)15-6-2-4-13(8-15)10-22/h2-9,12,24H,1H3,(H,25,27)/b20-18+. The fourth-order valence-corrected chi connectivity index (χ4v) is 2.99. The highest BCUT2D eigenvalue weighted by molar-refractivity contribution is 6.21. The third kappa shape index (κ3) is 3.20. The lowest BCUT2D eigenvalue weighted by molar-refractivity contribution is -0.116. The van der Waals surface area contributed by atoms with Crippen molar-refractivity contribution in [3.05, 3.63) is 81.9 Å². The lowest BCUT2D eigenvalue weighted by atomic mass is 9.98. The highest BCUT2D eigenvalue weighted by atomic mass is 16.2. The monoisotopic (exact) mass is 354 g/mol. The summed E-state index contributed by atoms with van der Waals surface area (Å²) < 4.78 is 0. The highest BCUT2D eigenvalue weighted by Crippen LogP contribution is 2.32. The van der Waals surface area contributed by atoms with Gasteiger partial charge in [-0.05, 0) is 29.8 Å². The molecule has 0 spiro atoms. The maximum atomic E-state index is 12.7. The van der Waals surface area contributed by atoms with Crippen molar-refractivity contribution < 1.29 is 9.59 Å². The molecular weight excluding hydrogens is 340 g/mol. The summed E-state index contributed by atoms with van der Waals surface area (Å²) in [7, 11) is 1.64. The molecule has 2 N–H and O–H groups in total. The Hall–Kier alpha value is -4.16. The zero-order chi connectivity index (χ0) is 19.4. The molecule has 2 aromatic carbocycles. The fourth-order valence-electron chi connectivity index (χ4n) is 2.99. The molecule has 0 saturated carbocycles. The first-order chi connectivity index (χ1) is 13.1. The van der Waals surface area contributed by atoms with Crippen LogP contribution in [0.15, 0.2) is 59.7 Å². The quantitative estimate of drug-likeness (QED) is 0.646. The molecule has 1 heterocycles. The van der Waals surface area contributed by atoms with Crippen LogP contribution >= 0.6 is 0 Å². The first-order valence-corrected chi connectivity index (χ1v) is 8.07. The summed E-state index contributed by atoms with van der Waals surface area (Å²) in [5.41, 5.74) is 3.24. The molecule has 6 nitrogen and oxygen atoms in total. The van der Waals surface area contributed by atoms with E-state index in [1.54, 1.807) is 55.6 Å². The molecule has 0 fully saturated rings. The number of hydrogen-bond acceptors (Lipinski definition) is 5. The average Bonchev–Trinajstić information content (AvgIpc) is 3.05. The number of carbonyl (C=O) groups excluding carboxylic acids is 2. The van der Waals surface area contributed by atoms with Crippen molar-refractivity contribution in [3.8, 4) is 12.1 Å². The number of nitrogens with one attached hydrogen (secondary N) is 2. The summed E-state index contributed by atoms with van der Waals surface area (Å²) in [4.78, 5) is 24.5. The molecule has 2 aromatic rings. The largest absolute Gasteiger partial charge is 0.387 e. The van der Waals surface area contributed by atoms with Crippen LogP contribution in [0, 0.1) is 22.7 Å². The van der Waals surface area contributed by atoms with Gasteiger partial charge in [-0.2, -0.15) is 10.5 Å². The van der Waals surface area contributed by atoms with Crippen molar-refractivity contribution >= 4 is 23.6 Å². The molecular formula is C21H14N4O2. The third-order valence-corrected chi connectivity index (χ3v) is 4.18. The number of rotatable bonds is 4. The number of aldehydes is 1. The van der Waals surface area contributed by atoms with E-state index in [0.717, 1.165) is 0 Å². The SMILES string of the molecule is CN/C(=C1/C(=O)NC(c2cccc(C#N)c2)=C1C=O)c1cccc(C#N)c1. The molecule has 0 atom stereocenters. The number of amides is 1. The van der Waals surface area contributed by atoms with Crippen molar-refractivity contribution in [2.75, 3.05) is 7.05 Å². The highest BCUT2D eigenvalue weighted by Gasteiger charge is 2.31. The molecule has 27 heavy (non-hydrogen) atoms. The van der Waals surface area contributed by atoms with Crippen LogP contribution in [-0.4, -0.2) is 19.2 Å². The van der Waals surface area contributed by atoms with E-state index < -0.39 is 5.91 Å². The van der Waals surface area contributed by atoms with Crippen molar-refractivity contribution in [1.82, 2.24) is 10.6 Å². The van der Waals surface area contributed by atoms with Crippen LogP contribution < -0.4 is 10.6 Å². The summed E-state index contributed by atoms with van der Waals surface area (Å²) in [6, 6.07) is 17.5. The van der Waals surface area contributed by atoms with E-state index in [4.69, 9.17) is 10.5 Å². The maximum Gasteiger partial charge on any atom is 0.258 e. The minimum Gasteiger partial charge on any atom is -0.387 e. The molecule has 130 valence electrons. The van der Waals surface area contributed by atoms with Gasteiger partial charge in [0.25, 0.3) is 5.91 Å². The van der Waals surface area contributed by atoms with E-state index in [-0.39, 0.29) is 11.1 Å². The zero-order valence-corrected chi connectivity index (χ0v) is 14.4. The minimum absolute atomic E-state index is 0.194. The fraction of sp³-hybridized carbons (Fsp3) is 0.0476. The summed E-state index contributed by atoms with van der Waals surface area (Å²) >= 11 is 0. The summed E-state index contributed by atoms with van der Waals surface area (Å²) in [6.45, 7) is 0. The number of benzene rings is 2. The van der Waals surface area contributed by atoms with Crippen LogP contribution in [0.1, 0.15) is 22.3 Å². The van der Waals surface area contributed by atoms with Gasteiger partial charge >= 0.3 is 0 Å². The molecule has 0 bridgehead atoms. The molecule has 1 amide bonds. The van der Waals surface area contributed by atoms with E-state index in [0.29, 0.717) is 39.9 Å². The Morgan fingerprint density at radius 1 is 1.07 bits per heavy atom. The number of nitrogens with zero attached hydrogens (tertiary/aromatic N) is 2. The lowest BCUT2D eigenvalue weighted by Crippen LogP contribution is -2.19. The van der Waals surface area contributed by atoms with E-state index in [2.05, 4.69) is 16.7 Å². The van der Waals surface area contributed by atoms with Gasteiger partial charge in [0.2, 0.25) is 0 Å². The summed E-state index contributed by atoms with van der Waals surface area (Å²) in [5.74, 6) is -0.429. The van der Waals surface area contributed by atoms with Crippen molar-refractivity contribution in [1.29, 1.82) is 10.5 Å². The first-order valence-electron chi connectivity index (χ1n) is 8.07. The molecule has 0 aromatic heterocycles. The van der Waals surface area contributed by atoms with E-state index in [9.17, 15) is 9.59 Å². The molecule has 0 aliphatic carbocycles. The van der Waals surface area contributed by atoms with Gasteiger partial charge in [0.05, 0.1) is 45.8 Å². The minimum atomic E-state index is -0.429. The van der Waals surface area contributed by atoms with E-state index in [1.807, 2.05) is 6.07 Å². The molecule has 0 radical (unpaired) electrons. The van der Waals surface area contributed by atoms with Gasteiger partial charge in [-0.3, -0.25) is 9.59 Å². The summed E-state index contributed by atoms with van der Waals surface area (Å²) in [5, 5.41) is 23.9. The van der Waals surface area contributed by atoms with E-state index in [1.165, 1.54) is 0 Å². The van der Waals surface area contributed by atoms with E-state index >= 15 is 0 Å². The van der Waals surface area contributed by atoms with Gasteiger partial charge in [0, 0.05) is 12.6 Å². The predicted octanol–water partition coefficient (Wildman–Crippen LogP) is 2.10. The molecule has 3 rings (SSSR count). The summed E-state index contributed by atoms with van der Waals surface area (Å²) in [6.07, 6.45) is 0.618. The van der Waals surface area contributed by atoms with Gasteiger partial charge in [-0.1, -0.05) is 24.3 Å². The smallest absolute Gasteiger partial charge is 0.258 e. The second-order valence-electron chi connectivity index (χ2n) is 5.75. The second kappa shape index (κ2) is 7.38. The zero-order valence-electron chi connectivity index (χ0n) is 14.4. The normalized spacial score (nSPS) is 14.9. The Bertz CT molecular complexity index is 1100. The molecule has 6 heteroatoms. The molecule has 0 saturated heterocycles. The molecule has 1 aliphatic heterocycles. The van der Waals surface area contributed by atoms with Crippen LogP contribution in [0.4, 0.5) is 0 Å². The first kappa shape index (κ1) is 17.7. The van der Waals surface area contributed by atoms with Gasteiger partial charge in [-0.25, -0.2) is 0 Å². The Balaban J connectivity index is 2.24. The lowest BCUT2D eigenvalue weighted by Gasteiger charge is -2.11. The average molecular weight is 354 g/mol. The van der Waals surface area contributed by atoms with Gasteiger partial charge in [0.1, 0.15) is 0 Å². The van der Waals surface area contributed by atoms with Crippen LogP contribution in [0.5, 0.6) is 0 Å². The van der Waals surface area contributed by atoms with Crippen LogP contribution in [0.25, 0.3) is 11.4 Å². The Kier molecular flexibility index (Phi) is 4.83. The Morgan fingerprint density at radius 2 is 1.74 bits per heavy atom. The van der Waals surface area contributed by atoms with Crippen molar-refractivity contribution in [2.45, 2.75) is 0 Å². The number of nitriles is 2. The third-order valence-electron chi connectivity index (χ3n) is 4.18. The topological polar surface area (TPSA) is 106 Å². The Morgan fingerprint density at radius 3 is 2.37 bits per heavy atom. The second-order valence-corrected chi connectivity index (χ2v) is 5.75. The molecule has 0 unspecified atom stereocenters. The van der Waals surface area contributed by atoms with Crippen LogP contribution in [-0.2, 0) is 9.59 Å². The number of hydrogen-bond donors (Lipinski definition) is 2. The number of carbonyl (C=O) groups is 2. The van der Waals surface area contributed by atoms with Crippen LogP contribution in [0.3, 0.4) is 0 Å². The Labute approximate surface area is 156 Å².